The molecule has 0 aliphatic carbocycles. The van der Waals surface area contributed by atoms with E-state index in [0.717, 1.165) is 16.8 Å². The number of methoxy groups -OCH3 is 1. The van der Waals surface area contributed by atoms with E-state index in [2.05, 4.69) is 10.6 Å². The van der Waals surface area contributed by atoms with Crippen molar-refractivity contribution in [2.75, 3.05) is 31.4 Å². The van der Waals surface area contributed by atoms with Crippen molar-refractivity contribution in [1.82, 2.24) is 10.8 Å². The zero-order valence-electron chi connectivity index (χ0n) is 20.9. The van der Waals surface area contributed by atoms with Crippen molar-refractivity contribution in [3.05, 3.63) is 95.6 Å². The number of rotatable bonds is 10. The van der Waals surface area contributed by atoms with Crippen LogP contribution in [0.15, 0.2) is 78.9 Å². The number of carbonyl (C=O) groups is 3. The predicted molar refractivity (Wildman–Crippen MR) is 143 cm³/mol. The van der Waals surface area contributed by atoms with E-state index in [1.54, 1.807) is 30.8 Å². The van der Waals surface area contributed by atoms with E-state index in [9.17, 15) is 14.4 Å². The number of hydroxylamine groups is 1. The first-order valence-corrected chi connectivity index (χ1v) is 11.5. The van der Waals surface area contributed by atoms with E-state index in [4.69, 9.17) is 9.94 Å². The molecule has 0 aliphatic heterocycles. The first-order chi connectivity index (χ1) is 17.8. The molecular weight excluding hydrogens is 472 g/mol. The summed E-state index contributed by atoms with van der Waals surface area (Å²) in [7, 11) is 5.47. The molecule has 1 atom stereocenters. The lowest BCUT2D eigenvalue weighted by Gasteiger charge is -2.18. The fourth-order valence-corrected chi connectivity index (χ4v) is 3.48. The van der Waals surface area contributed by atoms with Crippen LogP contribution in [-0.2, 0) is 16.0 Å². The highest BCUT2D eigenvalue weighted by atomic mass is 16.5. The largest absolute Gasteiger partial charge is 0.497 e. The van der Waals surface area contributed by atoms with Crippen molar-refractivity contribution in [2.24, 2.45) is 0 Å². The van der Waals surface area contributed by atoms with Crippen LogP contribution in [0.2, 0.25) is 0 Å². The Morgan fingerprint density at radius 3 is 2.16 bits per heavy atom. The number of nitrogens with zero attached hydrogens (tertiary/aromatic N) is 1. The summed E-state index contributed by atoms with van der Waals surface area (Å²) in [5.41, 5.74) is 4.95. The lowest BCUT2D eigenvalue weighted by Crippen LogP contribution is -2.44. The minimum Gasteiger partial charge on any atom is -0.497 e. The van der Waals surface area contributed by atoms with Gasteiger partial charge in [0.2, 0.25) is 11.8 Å². The molecule has 3 aromatic rings. The average Bonchev–Trinajstić information content (AvgIpc) is 2.92. The number of benzene rings is 3. The van der Waals surface area contributed by atoms with E-state index in [1.165, 1.54) is 30.3 Å². The molecule has 0 aromatic heterocycles. The van der Waals surface area contributed by atoms with Gasteiger partial charge in [0.25, 0.3) is 5.91 Å². The molecule has 3 amide bonds. The standard InChI is InChI=1S/C28H30N4O5/c1-32(2)23-13-4-19(5-14-23)8-17-26(33)30-25(18-20-6-15-24(37-3)16-7-20)28(35)29-22-11-9-21(10-12-22)27(34)31-36/h4-17,25,36H,18H2,1-3H3,(H,29,35)(H,30,33)(H,31,34)/b17-8+/t25-/m0/s1. The normalized spacial score (nSPS) is 11.5. The maximum atomic E-state index is 13.1. The van der Waals surface area contributed by atoms with Gasteiger partial charge in [0.15, 0.2) is 0 Å². The molecule has 0 fully saturated rings. The second kappa shape index (κ2) is 12.9. The predicted octanol–water partition coefficient (Wildman–Crippen LogP) is 3.26. The van der Waals surface area contributed by atoms with E-state index in [-0.39, 0.29) is 12.0 Å². The maximum Gasteiger partial charge on any atom is 0.274 e. The molecule has 0 heterocycles. The number of hydrogen-bond acceptors (Lipinski definition) is 6. The van der Waals surface area contributed by atoms with Crippen molar-refractivity contribution < 1.29 is 24.3 Å². The van der Waals surface area contributed by atoms with E-state index < -0.39 is 23.8 Å². The van der Waals surface area contributed by atoms with Gasteiger partial charge in [-0.2, -0.15) is 0 Å². The number of anilines is 2. The monoisotopic (exact) mass is 502 g/mol. The Balaban J connectivity index is 1.73. The highest BCUT2D eigenvalue weighted by Gasteiger charge is 2.21. The van der Waals surface area contributed by atoms with Crippen LogP contribution in [0.5, 0.6) is 5.75 Å². The highest BCUT2D eigenvalue weighted by Crippen LogP contribution is 2.16. The molecule has 0 radical (unpaired) electrons. The molecular formula is C28H30N4O5. The Labute approximate surface area is 215 Å². The Bertz CT molecular complexity index is 1240. The van der Waals surface area contributed by atoms with Crippen LogP contribution in [0.25, 0.3) is 6.08 Å². The van der Waals surface area contributed by atoms with Gasteiger partial charge in [-0.25, -0.2) is 5.48 Å². The lowest BCUT2D eigenvalue weighted by molar-refractivity contribution is -0.123. The molecule has 9 nitrogen and oxygen atoms in total. The van der Waals surface area contributed by atoms with Crippen molar-refractivity contribution in [1.29, 1.82) is 0 Å². The summed E-state index contributed by atoms with van der Waals surface area (Å²) in [6.07, 6.45) is 3.32. The Morgan fingerprint density at radius 2 is 1.59 bits per heavy atom. The first-order valence-electron chi connectivity index (χ1n) is 11.5. The number of ether oxygens (including phenoxy) is 1. The van der Waals surface area contributed by atoms with E-state index >= 15 is 0 Å². The second-order valence-electron chi connectivity index (χ2n) is 8.44. The van der Waals surface area contributed by atoms with Crippen LogP contribution in [-0.4, -0.2) is 50.2 Å². The molecule has 3 aromatic carbocycles. The third kappa shape index (κ3) is 7.94. The molecule has 9 heteroatoms. The summed E-state index contributed by atoms with van der Waals surface area (Å²) < 4.78 is 5.19. The zero-order valence-corrected chi connectivity index (χ0v) is 20.9. The van der Waals surface area contributed by atoms with Gasteiger partial charge in [0.1, 0.15) is 11.8 Å². The highest BCUT2D eigenvalue weighted by molar-refractivity contribution is 6.00. The Kier molecular flexibility index (Phi) is 9.40. The summed E-state index contributed by atoms with van der Waals surface area (Å²) in [5, 5.41) is 14.3. The van der Waals surface area contributed by atoms with E-state index in [1.807, 2.05) is 55.4 Å². The quantitative estimate of drug-likeness (QED) is 0.192. The summed E-state index contributed by atoms with van der Waals surface area (Å²) in [6, 6.07) is 20.1. The third-order valence-electron chi connectivity index (χ3n) is 5.58. The van der Waals surface area contributed by atoms with Gasteiger partial charge in [-0.1, -0.05) is 24.3 Å². The molecule has 0 saturated heterocycles. The summed E-state index contributed by atoms with van der Waals surface area (Å²) in [6.45, 7) is 0. The molecule has 3 rings (SSSR count). The van der Waals surface area contributed by atoms with Gasteiger partial charge in [-0.15, -0.1) is 0 Å². The summed E-state index contributed by atoms with van der Waals surface area (Å²) in [5.74, 6) is -0.817. The molecule has 4 N–H and O–H groups in total. The molecule has 37 heavy (non-hydrogen) atoms. The van der Waals surface area contributed by atoms with Crippen LogP contribution in [0, 0.1) is 0 Å². The van der Waals surface area contributed by atoms with Crippen molar-refractivity contribution in [3.63, 3.8) is 0 Å². The van der Waals surface area contributed by atoms with Gasteiger partial charge in [-0.3, -0.25) is 19.6 Å². The van der Waals surface area contributed by atoms with Crippen molar-refractivity contribution >= 4 is 35.2 Å². The molecule has 0 unspecified atom stereocenters. The van der Waals surface area contributed by atoms with Gasteiger partial charge in [0, 0.05) is 43.5 Å². The van der Waals surface area contributed by atoms with Gasteiger partial charge in [0.05, 0.1) is 7.11 Å². The molecule has 0 aliphatic rings. The SMILES string of the molecule is COc1ccc(C[C@H](NC(=O)/C=C/c2ccc(N(C)C)cc2)C(=O)Nc2ccc(C(=O)NO)cc2)cc1. The number of hydrogen-bond donors (Lipinski definition) is 4. The van der Waals surface area contributed by atoms with Gasteiger partial charge in [-0.05, 0) is 65.7 Å². The average molecular weight is 503 g/mol. The second-order valence-corrected chi connectivity index (χ2v) is 8.44. The number of carbonyl (C=O) groups excluding carboxylic acids is 3. The fraction of sp³-hybridized carbons (Fsp3) is 0.179. The van der Waals surface area contributed by atoms with Gasteiger partial charge < -0.3 is 20.3 Å². The summed E-state index contributed by atoms with van der Waals surface area (Å²) in [4.78, 5) is 39.4. The maximum absolute atomic E-state index is 13.1. The lowest BCUT2D eigenvalue weighted by atomic mass is 10.0. The number of nitrogens with one attached hydrogen (secondary N) is 3. The van der Waals surface area contributed by atoms with Crippen LogP contribution >= 0.6 is 0 Å². The molecule has 0 saturated carbocycles. The minimum atomic E-state index is -0.873. The van der Waals surface area contributed by atoms with Crippen LogP contribution in [0.4, 0.5) is 11.4 Å². The molecule has 0 spiro atoms. The summed E-state index contributed by atoms with van der Waals surface area (Å²) >= 11 is 0. The topological polar surface area (TPSA) is 120 Å². The molecule has 0 bridgehead atoms. The van der Waals surface area contributed by atoms with Crippen molar-refractivity contribution in [2.45, 2.75) is 12.5 Å². The Hall–Kier alpha value is -4.63. The van der Waals surface area contributed by atoms with Gasteiger partial charge >= 0.3 is 0 Å². The van der Waals surface area contributed by atoms with Crippen LogP contribution in [0.1, 0.15) is 21.5 Å². The van der Waals surface area contributed by atoms with Crippen molar-refractivity contribution in [3.8, 4) is 5.75 Å². The Morgan fingerprint density at radius 1 is 0.946 bits per heavy atom. The number of amides is 3. The van der Waals surface area contributed by atoms with Crippen LogP contribution in [0.3, 0.4) is 0 Å². The first kappa shape index (κ1) is 27.0. The smallest absolute Gasteiger partial charge is 0.274 e. The van der Waals surface area contributed by atoms with Crippen LogP contribution < -0.4 is 25.8 Å². The zero-order chi connectivity index (χ0) is 26.8. The molecule has 192 valence electrons. The minimum absolute atomic E-state index is 0.229. The fourth-order valence-electron chi connectivity index (χ4n) is 3.48. The van der Waals surface area contributed by atoms with E-state index in [0.29, 0.717) is 11.4 Å². The third-order valence-corrected chi connectivity index (χ3v) is 5.58.